The Bertz CT molecular complexity index is 1100. The molecule has 28 heavy (non-hydrogen) atoms. The first kappa shape index (κ1) is 19.1. The Labute approximate surface area is 164 Å². The van der Waals surface area contributed by atoms with Crippen LogP contribution in [0, 0.1) is 0 Å². The van der Waals surface area contributed by atoms with Crippen LogP contribution in [0.1, 0.15) is 23.1 Å². The molecule has 0 radical (unpaired) electrons. The molecule has 0 atom stereocenters. The number of aryl methyl sites for hydroxylation is 1. The second-order valence-corrected chi connectivity index (χ2v) is 8.77. The standard InChI is InChI=1S/C18H14ClF3N2O3S/c19-14-3-2-12(18(20,21)22)9-15(14)23-28(26,27)13-7-10-1-4-16(25)24-6-5-11(8-13)17(10)24/h2-3,7-9,23H,1,4-6H2. The quantitative estimate of drug-likeness (QED) is 0.800. The van der Waals surface area contributed by atoms with Gasteiger partial charge >= 0.3 is 6.18 Å². The highest BCUT2D eigenvalue weighted by Gasteiger charge is 2.34. The summed E-state index contributed by atoms with van der Waals surface area (Å²) < 4.78 is 66.6. The Morgan fingerprint density at radius 3 is 2.39 bits per heavy atom. The lowest BCUT2D eigenvalue weighted by atomic mass is 10.00. The molecule has 0 saturated heterocycles. The van der Waals surface area contributed by atoms with Crippen LogP contribution in [-0.4, -0.2) is 20.9 Å². The number of carbonyl (C=O) groups excluding carboxylic acids is 1. The van der Waals surface area contributed by atoms with E-state index < -0.39 is 21.8 Å². The first-order valence-electron chi connectivity index (χ1n) is 8.42. The van der Waals surface area contributed by atoms with Crippen LogP contribution in [0.3, 0.4) is 0 Å². The molecule has 0 bridgehead atoms. The second kappa shape index (κ2) is 6.38. The summed E-state index contributed by atoms with van der Waals surface area (Å²) in [5.41, 5.74) is 0.883. The van der Waals surface area contributed by atoms with Gasteiger partial charge in [-0.2, -0.15) is 13.2 Å². The number of rotatable bonds is 3. The van der Waals surface area contributed by atoms with Crippen molar-refractivity contribution in [3.63, 3.8) is 0 Å². The lowest BCUT2D eigenvalue weighted by molar-refractivity contribution is -0.137. The molecule has 1 amide bonds. The highest BCUT2D eigenvalue weighted by atomic mass is 35.5. The van der Waals surface area contributed by atoms with Crippen molar-refractivity contribution in [2.75, 3.05) is 16.2 Å². The molecule has 2 heterocycles. The smallest absolute Gasteiger partial charge is 0.312 e. The van der Waals surface area contributed by atoms with E-state index in [0.29, 0.717) is 31.9 Å². The van der Waals surface area contributed by atoms with E-state index in [1.807, 2.05) is 0 Å². The van der Waals surface area contributed by atoms with Gasteiger partial charge in [0.1, 0.15) is 0 Å². The Morgan fingerprint density at radius 1 is 1.04 bits per heavy atom. The molecular weight excluding hydrogens is 417 g/mol. The normalized spacial score (nSPS) is 16.3. The molecule has 1 N–H and O–H groups in total. The van der Waals surface area contributed by atoms with Gasteiger partial charge in [-0.15, -0.1) is 0 Å². The summed E-state index contributed by atoms with van der Waals surface area (Å²) in [6, 6.07) is 5.37. The van der Waals surface area contributed by atoms with Crippen LogP contribution in [0.15, 0.2) is 35.2 Å². The van der Waals surface area contributed by atoms with E-state index in [-0.39, 0.29) is 21.5 Å². The lowest BCUT2D eigenvalue weighted by Gasteiger charge is -2.25. The molecule has 2 aromatic rings. The van der Waals surface area contributed by atoms with Gasteiger partial charge in [-0.3, -0.25) is 9.52 Å². The van der Waals surface area contributed by atoms with Gasteiger partial charge in [0.15, 0.2) is 0 Å². The van der Waals surface area contributed by atoms with E-state index in [4.69, 9.17) is 11.6 Å². The first-order valence-corrected chi connectivity index (χ1v) is 10.3. The van der Waals surface area contributed by atoms with E-state index in [2.05, 4.69) is 4.72 Å². The molecule has 148 valence electrons. The number of sulfonamides is 1. The summed E-state index contributed by atoms with van der Waals surface area (Å²) in [5, 5.41) is -0.143. The van der Waals surface area contributed by atoms with Gasteiger partial charge in [-0.05, 0) is 54.3 Å². The molecule has 0 saturated carbocycles. The van der Waals surface area contributed by atoms with E-state index >= 15 is 0 Å². The van der Waals surface area contributed by atoms with Gasteiger partial charge in [-0.25, -0.2) is 8.42 Å². The van der Waals surface area contributed by atoms with Gasteiger partial charge in [0, 0.05) is 13.0 Å². The monoisotopic (exact) mass is 430 g/mol. The van der Waals surface area contributed by atoms with E-state index in [1.165, 1.54) is 12.1 Å². The van der Waals surface area contributed by atoms with Crippen LogP contribution in [0.25, 0.3) is 0 Å². The number of hydrogen-bond donors (Lipinski definition) is 1. The number of carbonyl (C=O) groups is 1. The molecule has 2 aromatic carbocycles. The zero-order valence-electron chi connectivity index (χ0n) is 14.3. The Hall–Kier alpha value is -2.26. The molecule has 2 aliphatic rings. The van der Waals surface area contributed by atoms with Crippen LogP contribution in [0.2, 0.25) is 5.02 Å². The molecular formula is C18H14ClF3N2O3S. The van der Waals surface area contributed by atoms with Crippen molar-refractivity contribution >= 4 is 38.9 Å². The van der Waals surface area contributed by atoms with E-state index in [9.17, 15) is 26.4 Å². The summed E-state index contributed by atoms with van der Waals surface area (Å²) in [5.74, 6) is 0.00993. The number of hydrogen-bond acceptors (Lipinski definition) is 3. The number of nitrogens with one attached hydrogen (secondary N) is 1. The average molecular weight is 431 g/mol. The largest absolute Gasteiger partial charge is 0.416 e. The average Bonchev–Trinajstić information content (AvgIpc) is 3.04. The third-order valence-corrected chi connectivity index (χ3v) is 6.55. The maximum absolute atomic E-state index is 12.9. The maximum Gasteiger partial charge on any atom is 0.416 e. The summed E-state index contributed by atoms with van der Waals surface area (Å²) >= 11 is 5.90. The van der Waals surface area contributed by atoms with Gasteiger partial charge in [-0.1, -0.05) is 11.6 Å². The third-order valence-electron chi connectivity index (χ3n) is 4.87. The zero-order valence-corrected chi connectivity index (χ0v) is 15.9. The van der Waals surface area contributed by atoms with E-state index in [0.717, 1.165) is 28.9 Å². The van der Waals surface area contributed by atoms with Crippen molar-refractivity contribution in [1.29, 1.82) is 0 Å². The number of benzene rings is 2. The molecule has 0 unspecified atom stereocenters. The molecule has 4 rings (SSSR count). The fraction of sp³-hybridized carbons (Fsp3) is 0.278. The van der Waals surface area contributed by atoms with Crippen LogP contribution >= 0.6 is 11.6 Å². The van der Waals surface area contributed by atoms with Crippen molar-refractivity contribution in [3.8, 4) is 0 Å². The number of alkyl halides is 3. The van der Waals surface area contributed by atoms with Crippen molar-refractivity contribution in [2.24, 2.45) is 0 Å². The van der Waals surface area contributed by atoms with Crippen molar-refractivity contribution in [1.82, 2.24) is 0 Å². The topological polar surface area (TPSA) is 66.5 Å². The van der Waals surface area contributed by atoms with Crippen molar-refractivity contribution in [2.45, 2.75) is 30.3 Å². The summed E-state index contributed by atoms with van der Waals surface area (Å²) in [7, 11) is -4.16. The van der Waals surface area contributed by atoms with Crippen LogP contribution in [0.5, 0.6) is 0 Å². The lowest BCUT2D eigenvalue weighted by Crippen LogP contribution is -2.33. The summed E-state index contributed by atoms with van der Waals surface area (Å²) in [6.07, 6.45) is -3.38. The van der Waals surface area contributed by atoms with Crippen LogP contribution < -0.4 is 9.62 Å². The van der Waals surface area contributed by atoms with Gasteiger partial charge in [0.2, 0.25) is 5.91 Å². The third kappa shape index (κ3) is 3.22. The zero-order chi connectivity index (χ0) is 20.3. The highest BCUT2D eigenvalue weighted by molar-refractivity contribution is 7.92. The Kier molecular flexibility index (Phi) is 4.35. The first-order chi connectivity index (χ1) is 13.1. The SMILES string of the molecule is O=C1CCc2cc(S(=O)(=O)Nc3cc(C(F)(F)F)ccc3Cl)cc3c2N1CC3. The predicted molar refractivity (Wildman–Crippen MR) is 98.1 cm³/mol. The van der Waals surface area contributed by atoms with Gasteiger partial charge in [0.05, 0.1) is 26.9 Å². The predicted octanol–water partition coefficient (Wildman–Crippen LogP) is 3.99. The fourth-order valence-corrected chi connectivity index (χ4v) is 4.96. The number of halogens is 4. The minimum Gasteiger partial charge on any atom is -0.312 e. The Morgan fingerprint density at radius 2 is 1.71 bits per heavy atom. The molecule has 0 aliphatic carbocycles. The number of amides is 1. The molecule has 0 fully saturated rings. The second-order valence-electron chi connectivity index (χ2n) is 6.68. The van der Waals surface area contributed by atoms with Crippen LogP contribution in [-0.2, 0) is 33.8 Å². The highest BCUT2D eigenvalue weighted by Crippen LogP contribution is 2.39. The minimum absolute atomic E-state index is 0.00993. The number of nitrogens with zero attached hydrogens (tertiary/aromatic N) is 1. The number of anilines is 2. The van der Waals surface area contributed by atoms with Gasteiger partial charge < -0.3 is 4.90 Å². The fourth-order valence-electron chi connectivity index (χ4n) is 3.56. The molecule has 0 spiro atoms. The minimum atomic E-state index is -4.63. The molecule has 10 heteroatoms. The molecule has 0 aromatic heterocycles. The Balaban J connectivity index is 1.72. The van der Waals surface area contributed by atoms with Crippen molar-refractivity contribution < 1.29 is 26.4 Å². The molecule has 5 nitrogen and oxygen atoms in total. The van der Waals surface area contributed by atoms with Crippen molar-refractivity contribution in [3.05, 3.63) is 52.0 Å². The van der Waals surface area contributed by atoms with Crippen LogP contribution in [0.4, 0.5) is 24.5 Å². The summed E-state index contributed by atoms with van der Waals surface area (Å²) in [4.78, 5) is 13.6. The molecule has 2 aliphatic heterocycles. The van der Waals surface area contributed by atoms with Gasteiger partial charge in [0.25, 0.3) is 10.0 Å². The maximum atomic E-state index is 12.9. The van der Waals surface area contributed by atoms with E-state index in [1.54, 1.807) is 4.90 Å². The summed E-state index contributed by atoms with van der Waals surface area (Å²) in [6.45, 7) is 0.498.